The average molecular weight is 298 g/mol. The van der Waals surface area contributed by atoms with Crippen molar-refractivity contribution in [2.75, 3.05) is 20.8 Å². The molecule has 1 heterocycles. The van der Waals surface area contributed by atoms with Gasteiger partial charge in [-0.3, -0.25) is 4.90 Å². The van der Waals surface area contributed by atoms with Gasteiger partial charge in [-0.05, 0) is 29.3 Å². The molecule has 0 aromatic heterocycles. The van der Waals surface area contributed by atoms with Gasteiger partial charge in [0.25, 0.3) is 0 Å². The van der Waals surface area contributed by atoms with Crippen LogP contribution in [-0.2, 0) is 13.1 Å². The van der Waals surface area contributed by atoms with Gasteiger partial charge in [-0.1, -0.05) is 24.3 Å². The highest BCUT2D eigenvalue weighted by atomic mass is 16.5. The fourth-order valence-corrected chi connectivity index (χ4v) is 3.17. The average Bonchev–Trinajstić information content (AvgIpc) is 2.92. The molecule has 0 bridgehead atoms. The molecule has 0 saturated carbocycles. The van der Waals surface area contributed by atoms with Crippen LogP contribution in [0.1, 0.15) is 22.7 Å². The number of benzene rings is 2. The molecule has 0 spiro atoms. The van der Waals surface area contributed by atoms with Crippen LogP contribution in [0.3, 0.4) is 0 Å². The number of methoxy groups -OCH3 is 2. The number of hydrogen-bond donors (Lipinski definition) is 1. The minimum Gasteiger partial charge on any atom is -0.497 e. The number of hydrogen-bond acceptors (Lipinski definition) is 4. The van der Waals surface area contributed by atoms with Gasteiger partial charge in [0, 0.05) is 31.2 Å². The van der Waals surface area contributed by atoms with E-state index in [2.05, 4.69) is 23.1 Å². The van der Waals surface area contributed by atoms with Crippen LogP contribution in [-0.4, -0.2) is 25.7 Å². The summed E-state index contributed by atoms with van der Waals surface area (Å²) >= 11 is 0. The molecule has 0 aliphatic carbocycles. The summed E-state index contributed by atoms with van der Waals surface area (Å²) in [5, 5.41) is 0. The smallest absolute Gasteiger partial charge is 0.123 e. The molecule has 4 heteroatoms. The molecule has 1 atom stereocenters. The van der Waals surface area contributed by atoms with E-state index in [4.69, 9.17) is 15.2 Å². The van der Waals surface area contributed by atoms with E-state index in [9.17, 15) is 0 Å². The Hall–Kier alpha value is -2.04. The SMILES string of the molecule is COc1ccc(CN2Cc3c(OC)cccc3C2CN)cc1. The zero-order valence-corrected chi connectivity index (χ0v) is 13.1. The van der Waals surface area contributed by atoms with Crippen molar-refractivity contribution < 1.29 is 9.47 Å². The molecule has 116 valence electrons. The van der Waals surface area contributed by atoms with Gasteiger partial charge in [0.15, 0.2) is 0 Å². The third kappa shape index (κ3) is 2.67. The van der Waals surface area contributed by atoms with Gasteiger partial charge in [0.1, 0.15) is 11.5 Å². The van der Waals surface area contributed by atoms with Crippen LogP contribution >= 0.6 is 0 Å². The van der Waals surface area contributed by atoms with E-state index in [-0.39, 0.29) is 6.04 Å². The third-order valence-corrected chi connectivity index (χ3v) is 4.32. The largest absolute Gasteiger partial charge is 0.497 e. The van der Waals surface area contributed by atoms with Crippen LogP contribution in [0.5, 0.6) is 11.5 Å². The van der Waals surface area contributed by atoms with Crippen LogP contribution in [0.4, 0.5) is 0 Å². The number of fused-ring (bicyclic) bond motifs is 1. The summed E-state index contributed by atoms with van der Waals surface area (Å²) in [5.74, 6) is 1.83. The van der Waals surface area contributed by atoms with Gasteiger partial charge in [-0.25, -0.2) is 0 Å². The summed E-state index contributed by atoms with van der Waals surface area (Å²) < 4.78 is 10.7. The summed E-state index contributed by atoms with van der Waals surface area (Å²) in [6, 6.07) is 14.7. The van der Waals surface area contributed by atoms with Gasteiger partial charge in [-0.2, -0.15) is 0 Å². The van der Waals surface area contributed by atoms with E-state index in [0.29, 0.717) is 6.54 Å². The Labute approximate surface area is 131 Å². The lowest BCUT2D eigenvalue weighted by atomic mass is 10.0. The number of nitrogens with zero attached hydrogens (tertiary/aromatic N) is 1. The maximum atomic E-state index is 6.03. The Balaban J connectivity index is 1.83. The van der Waals surface area contributed by atoms with Crippen LogP contribution in [0.25, 0.3) is 0 Å². The standard InChI is InChI=1S/C18H22N2O2/c1-21-14-8-6-13(7-9-14)11-20-12-16-15(17(20)10-19)4-3-5-18(16)22-2/h3-9,17H,10-12,19H2,1-2H3. The first-order valence-corrected chi connectivity index (χ1v) is 7.49. The van der Waals surface area contributed by atoms with Gasteiger partial charge < -0.3 is 15.2 Å². The maximum absolute atomic E-state index is 6.03. The lowest BCUT2D eigenvalue weighted by Crippen LogP contribution is -2.27. The van der Waals surface area contributed by atoms with Crippen molar-refractivity contribution in [1.82, 2.24) is 4.90 Å². The van der Waals surface area contributed by atoms with E-state index in [1.54, 1.807) is 14.2 Å². The minimum absolute atomic E-state index is 0.243. The van der Waals surface area contributed by atoms with Crippen molar-refractivity contribution in [3.8, 4) is 11.5 Å². The molecule has 0 saturated heterocycles. The Bertz CT molecular complexity index is 640. The zero-order valence-electron chi connectivity index (χ0n) is 13.1. The molecule has 0 radical (unpaired) electrons. The molecule has 0 fully saturated rings. The summed E-state index contributed by atoms with van der Waals surface area (Å²) in [7, 11) is 3.40. The Kier molecular flexibility index (Phi) is 4.32. The van der Waals surface area contributed by atoms with E-state index in [1.165, 1.54) is 16.7 Å². The summed E-state index contributed by atoms with van der Waals surface area (Å²) in [4.78, 5) is 2.40. The first kappa shape index (κ1) is 14.9. The first-order chi connectivity index (χ1) is 10.8. The number of nitrogens with two attached hydrogens (primary N) is 1. The van der Waals surface area contributed by atoms with Crippen molar-refractivity contribution in [3.63, 3.8) is 0 Å². The topological polar surface area (TPSA) is 47.7 Å². The molecule has 22 heavy (non-hydrogen) atoms. The zero-order chi connectivity index (χ0) is 15.5. The van der Waals surface area contributed by atoms with Gasteiger partial charge in [-0.15, -0.1) is 0 Å². The van der Waals surface area contributed by atoms with E-state index < -0.39 is 0 Å². The second-order valence-corrected chi connectivity index (χ2v) is 5.53. The van der Waals surface area contributed by atoms with Crippen molar-refractivity contribution >= 4 is 0 Å². The van der Waals surface area contributed by atoms with Crippen molar-refractivity contribution in [2.24, 2.45) is 5.73 Å². The van der Waals surface area contributed by atoms with Crippen molar-refractivity contribution in [2.45, 2.75) is 19.1 Å². The number of rotatable bonds is 5. The van der Waals surface area contributed by atoms with Crippen molar-refractivity contribution in [3.05, 3.63) is 59.2 Å². The predicted molar refractivity (Wildman–Crippen MR) is 87.0 cm³/mol. The Morgan fingerprint density at radius 1 is 1.09 bits per heavy atom. The fourth-order valence-electron chi connectivity index (χ4n) is 3.17. The predicted octanol–water partition coefficient (Wildman–Crippen LogP) is 2.72. The quantitative estimate of drug-likeness (QED) is 0.922. The molecular formula is C18H22N2O2. The van der Waals surface area contributed by atoms with Crippen LogP contribution in [0.2, 0.25) is 0 Å². The lowest BCUT2D eigenvalue weighted by molar-refractivity contribution is 0.210. The summed E-state index contributed by atoms with van der Waals surface area (Å²) in [5.41, 5.74) is 9.83. The molecule has 1 aliphatic rings. The molecular weight excluding hydrogens is 276 g/mol. The minimum atomic E-state index is 0.243. The Morgan fingerprint density at radius 2 is 1.86 bits per heavy atom. The Morgan fingerprint density at radius 3 is 2.50 bits per heavy atom. The van der Waals surface area contributed by atoms with Crippen molar-refractivity contribution in [1.29, 1.82) is 0 Å². The maximum Gasteiger partial charge on any atom is 0.123 e. The monoisotopic (exact) mass is 298 g/mol. The fraction of sp³-hybridized carbons (Fsp3) is 0.333. The summed E-state index contributed by atoms with van der Waals surface area (Å²) in [6.07, 6.45) is 0. The van der Waals surface area contributed by atoms with E-state index >= 15 is 0 Å². The second-order valence-electron chi connectivity index (χ2n) is 5.53. The molecule has 3 rings (SSSR count). The summed E-state index contributed by atoms with van der Waals surface area (Å²) in [6.45, 7) is 2.34. The first-order valence-electron chi connectivity index (χ1n) is 7.49. The molecule has 2 aromatic carbocycles. The second kappa shape index (κ2) is 6.38. The number of ether oxygens (including phenoxy) is 2. The van der Waals surface area contributed by atoms with Gasteiger partial charge in [0.05, 0.1) is 14.2 Å². The highest BCUT2D eigenvalue weighted by Crippen LogP contribution is 2.38. The molecule has 1 aliphatic heterocycles. The molecule has 1 unspecified atom stereocenters. The highest BCUT2D eigenvalue weighted by Gasteiger charge is 2.31. The van der Waals surface area contributed by atoms with Gasteiger partial charge in [0.2, 0.25) is 0 Å². The molecule has 0 amide bonds. The van der Waals surface area contributed by atoms with Gasteiger partial charge >= 0.3 is 0 Å². The highest BCUT2D eigenvalue weighted by molar-refractivity contribution is 5.45. The molecule has 2 N–H and O–H groups in total. The molecule has 4 nitrogen and oxygen atoms in total. The molecule has 2 aromatic rings. The van der Waals surface area contributed by atoms with Crippen LogP contribution in [0, 0.1) is 0 Å². The lowest BCUT2D eigenvalue weighted by Gasteiger charge is -2.23. The third-order valence-electron chi connectivity index (χ3n) is 4.32. The normalized spacial score (nSPS) is 17.3. The van der Waals surface area contributed by atoms with Crippen LogP contribution < -0.4 is 15.2 Å². The van der Waals surface area contributed by atoms with E-state index in [1.807, 2.05) is 24.3 Å². The van der Waals surface area contributed by atoms with Crippen LogP contribution in [0.15, 0.2) is 42.5 Å². The van der Waals surface area contributed by atoms with E-state index in [0.717, 1.165) is 24.6 Å².